The van der Waals surface area contributed by atoms with Gasteiger partial charge >= 0.3 is 5.97 Å². The molecule has 0 bridgehead atoms. The molecule has 4 heteroatoms. The molecule has 4 nitrogen and oxygen atoms in total. The maximum atomic E-state index is 11.0. The van der Waals surface area contributed by atoms with Gasteiger partial charge in [0.25, 0.3) is 0 Å². The molecular weight excluding hydrogens is 194 g/mol. The molecule has 0 unspecified atom stereocenters. The summed E-state index contributed by atoms with van der Waals surface area (Å²) in [6, 6.07) is 0. The molecular formula is C11H23NO3. The minimum absolute atomic E-state index is 0.596. The zero-order valence-corrected chi connectivity index (χ0v) is 10.2. The number of carboxylic acids is 1. The fourth-order valence-corrected chi connectivity index (χ4v) is 1.39. The SMILES string of the molecule is CCCOCCN(CC)C(C)(C)C(=O)O. The quantitative estimate of drug-likeness (QED) is 0.627. The van der Waals surface area contributed by atoms with Crippen LogP contribution >= 0.6 is 0 Å². The molecule has 0 heterocycles. The van der Waals surface area contributed by atoms with Crippen molar-refractivity contribution in [3.05, 3.63) is 0 Å². The number of rotatable bonds is 8. The average Bonchev–Trinajstić information content (AvgIpc) is 2.17. The van der Waals surface area contributed by atoms with Crippen molar-refractivity contribution in [1.29, 1.82) is 0 Å². The van der Waals surface area contributed by atoms with E-state index in [2.05, 4.69) is 6.92 Å². The molecule has 0 fully saturated rings. The highest BCUT2D eigenvalue weighted by Gasteiger charge is 2.33. The fraction of sp³-hybridized carbons (Fsp3) is 0.909. The van der Waals surface area contributed by atoms with E-state index in [0.717, 1.165) is 19.6 Å². The van der Waals surface area contributed by atoms with E-state index in [0.29, 0.717) is 13.2 Å². The molecule has 0 spiro atoms. The van der Waals surface area contributed by atoms with Gasteiger partial charge < -0.3 is 9.84 Å². The second-order valence-corrected chi connectivity index (χ2v) is 4.06. The van der Waals surface area contributed by atoms with Crippen LogP contribution in [-0.4, -0.2) is 47.8 Å². The van der Waals surface area contributed by atoms with E-state index in [1.54, 1.807) is 13.8 Å². The van der Waals surface area contributed by atoms with Crippen molar-refractivity contribution in [3.8, 4) is 0 Å². The highest BCUT2D eigenvalue weighted by molar-refractivity contribution is 5.77. The van der Waals surface area contributed by atoms with Crippen LogP contribution in [0.5, 0.6) is 0 Å². The van der Waals surface area contributed by atoms with Gasteiger partial charge in [-0.1, -0.05) is 13.8 Å². The second kappa shape index (κ2) is 6.80. The van der Waals surface area contributed by atoms with Gasteiger partial charge in [0.15, 0.2) is 0 Å². The molecule has 0 aliphatic carbocycles. The summed E-state index contributed by atoms with van der Waals surface area (Å²) in [5.41, 5.74) is -0.815. The van der Waals surface area contributed by atoms with Gasteiger partial charge in [-0.2, -0.15) is 0 Å². The lowest BCUT2D eigenvalue weighted by molar-refractivity contribution is -0.149. The monoisotopic (exact) mass is 217 g/mol. The first-order valence-corrected chi connectivity index (χ1v) is 5.53. The van der Waals surface area contributed by atoms with Crippen molar-refractivity contribution in [3.63, 3.8) is 0 Å². The summed E-state index contributed by atoms with van der Waals surface area (Å²) >= 11 is 0. The van der Waals surface area contributed by atoms with Crippen LogP contribution in [0.25, 0.3) is 0 Å². The third-order valence-electron chi connectivity index (χ3n) is 2.55. The van der Waals surface area contributed by atoms with Crippen LogP contribution in [0.2, 0.25) is 0 Å². The predicted octanol–water partition coefficient (Wildman–Crippen LogP) is 1.60. The molecule has 0 atom stereocenters. The van der Waals surface area contributed by atoms with E-state index in [-0.39, 0.29) is 0 Å². The van der Waals surface area contributed by atoms with Gasteiger partial charge in [0.2, 0.25) is 0 Å². The summed E-state index contributed by atoms with van der Waals surface area (Å²) in [5, 5.41) is 9.06. The van der Waals surface area contributed by atoms with Gasteiger partial charge in [-0.25, -0.2) is 0 Å². The molecule has 0 aromatic heterocycles. The standard InChI is InChI=1S/C11H23NO3/c1-5-8-15-9-7-12(6-2)11(3,4)10(13)14/h5-9H2,1-4H3,(H,13,14). The van der Waals surface area contributed by atoms with Crippen LogP contribution in [0.3, 0.4) is 0 Å². The predicted molar refractivity (Wildman–Crippen MR) is 60.1 cm³/mol. The minimum Gasteiger partial charge on any atom is -0.480 e. The normalized spacial score (nSPS) is 12.1. The Hall–Kier alpha value is -0.610. The topological polar surface area (TPSA) is 49.8 Å². The molecule has 0 aliphatic rings. The molecule has 15 heavy (non-hydrogen) atoms. The van der Waals surface area contributed by atoms with Crippen LogP contribution in [0.1, 0.15) is 34.1 Å². The molecule has 0 aromatic rings. The van der Waals surface area contributed by atoms with Crippen LogP contribution in [0.4, 0.5) is 0 Å². The Bertz CT molecular complexity index is 192. The first-order valence-electron chi connectivity index (χ1n) is 5.53. The first-order chi connectivity index (χ1) is 6.96. The Morgan fingerprint density at radius 3 is 2.33 bits per heavy atom. The number of ether oxygens (including phenoxy) is 1. The average molecular weight is 217 g/mol. The van der Waals surface area contributed by atoms with Gasteiger partial charge in [-0.3, -0.25) is 9.69 Å². The number of hydrogen-bond donors (Lipinski definition) is 1. The number of likely N-dealkylation sites (N-methyl/N-ethyl adjacent to an activating group) is 1. The van der Waals surface area contributed by atoms with Crippen molar-refractivity contribution >= 4 is 5.97 Å². The fourth-order valence-electron chi connectivity index (χ4n) is 1.39. The van der Waals surface area contributed by atoms with Gasteiger partial charge in [0.1, 0.15) is 5.54 Å². The number of nitrogens with zero attached hydrogens (tertiary/aromatic N) is 1. The molecule has 0 amide bonds. The van der Waals surface area contributed by atoms with E-state index in [9.17, 15) is 4.79 Å². The number of carbonyl (C=O) groups is 1. The van der Waals surface area contributed by atoms with Crippen LogP contribution in [0.15, 0.2) is 0 Å². The Kier molecular flexibility index (Phi) is 6.52. The van der Waals surface area contributed by atoms with E-state index in [1.165, 1.54) is 0 Å². The minimum atomic E-state index is -0.815. The van der Waals surface area contributed by atoms with Crippen molar-refractivity contribution < 1.29 is 14.6 Å². The third-order valence-corrected chi connectivity index (χ3v) is 2.55. The Morgan fingerprint density at radius 1 is 1.33 bits per heavy atom. The van der Waals surface area contributed by atoms with Crippen molar-refractivity contribution in [1.82, 2.24) is 4.90 Å². The van der Waals surface area contributed by atoms with Gasteiger partial charge in [0.05, 0.1) is 6.61 Å². The molecule has 0 saturated heterocycles. The number of hydrogen-bond acceptors (Lipinski definition) is 3. The Morgan fingerprint density at radius 2 is 1.93 bits per heavy atom. The third kappa shape index (κ3) is 4.62. The van der Waals surface area contributed by atoms with E-state index in [1.807, 2.05) is 11.8 Å². The highest BCUT2D eigenvalue weighted by atomic mass is 16.5. The zero-order valence-electron chi connectivity index (χ0n) is 10.2. The van der Waals surface area contributed by atoms with Crippen molar-refractivity contribution in [2.24, 2.45) is 0 Å². The Balaban J connectivity index is 4.07. The molecule has 0 rings (SSSR count). The molecule has 0 aliphatic heterocycles. The summed E-state index contributed by atoms with van der Waals surface area (Å²) in [6.45, 7) is 10.2. The lowest BCUT2D eigenvalue weighted by Gasteiger charge is -2.33. The van der Waals surface area contributed by atoms with Gasteiger partial charge in [-0.05, 0) is 26.8 Å². The van der Waals surface area contributed by atoms with E-state index in [4.69, 9.17) is 9.84 Å². The molecule has 0 saturated carbocycles. The van der Waals surface area contributed by atoms with Crippen molar-refractivity contribution in [2.45, 2.75) is 39.7 Å². The summed E-state index contributed by atoms with van der Waals surface area (Å²) in [7, 11) is 0. The van der Waals surface area contributed by atoms with Crippen molar-refractivity contribution in [2.75, 3.05) is 26.3 Å². The highest BCUT2D eigenvalue weighted by Crippen LogP contribution is 2.13. The smallest absolute Gasteiger partial charge is 0.323 e. The van der Waals surface area contributed by atoms with Crippen LogP contribution in [-0.2, 0) is 9.53 Å². The summed E-state index contributed by atoms with van der Waals surface area (Å²) in [5.74, 6) is -0.792. The maximum Gasteiger partial charge on any atom is 0.323 e. The zero-order chi connectivity index (χ0) is 11.9. The number of carboxylic acid groups (broad SMARTS) is 1. The summed E-state index contributed by atoms with van der Waals surface area (Å²) in [4.78, 5) is 12.9. The molecule has 90 valence electrons. The second-order valence-electron chi connectivity index (χ2n) is 4.06. The van der Waals surface area contributed by atoms with Crippen LogP contribution in [0, 0.1) is 0 Å². The molecule has 0 radical (unpaired) electrons. The Labute approximate surface area is 92.2 Å². The summed E-state index contributed by atoms with van der Waals surface area (Å²) in [6.07, 6.45) is 0.994. The molecule has 1 N–H and O–H groups in total. The first kappa shape index (κ1) is 14.4. The molecule has 0 aromatic carbocycles. The van der Waals surface area contributed by atoms with E-state index < -0.39 is 11.5 Å². The lowest BCUT2D eigenvalue weighted by atomic mass is 10.0. The largest absolute Gasteiger partial charge is 0.480 e. The number of aliphatic carboxylic acids is 1. The van der Waals surface area contributed by atoms with Gasteiger partial charge in [0, 0.05) is 13.2 Å². The van der Waals surface area contributed by atoms with E-state index >= 15 is 0 Å². The van der Waals surface area contributed by atoms with Gasteiger partial charge in [-0.15, -0.1) is 0 Å². The van der Waals surface area contributed by atoms with Crippen LogP contribution < -0.4 is 0 Å². The lowest BCUT2D eigenvalue weighted by Crippen LogP contribution is -2.51. The summed E-state index contributed by atoms with van der Waals surface area (Å²) < 4.78 is 5.36. The maximum absolute atomic E-state index is 11.0.